The Morgan fingerprint density at radius 2 is 2.29 bits per heavy atom. The van der Waals surface area contributed by atoms with Gasteiger partial charge in [0.2, 0.25) is 0 Å². The van der Waals surface area contributed by atoms with Crippen molar-refractivity contribution in [3.05, 3.63) is 32.9 Å². The maximum Gasteiger partial charge on any atom is 0.306 e. The summed E-state index contributed by atoms with van der Waals surface area (Å²) in [6, 6.07) is 6.20. The molecule has 0 aliphatic heterocycles. The fourth-order valence-corrected chi connectivity index (χ4v) is 2.73. The van der Waals surface area contributed by atoms with Crippen LogP contribution in [0.25, 0.3) is 0 Å². The van der Waals surface area contributed by atoms with Gasteiger partial charge in [-0.15, -0.1) is 0 Å². The largest absolute Gasteiger partial charge is 0.481 e. The second-order valence-corrected chi connectivity index (χ2v) is 4.82. The maximum atomic E-state index is 10.9. The highest BCUT2D eigenvalue weighted by Gasteiger charge is 2.25. The molecule has 0 saturated carbocycles. The molecule has 74 valence electrons. The summed E-state index contributed by atoms with van der Waals surface area (Å²) in [6.45, 7) is 0. The molecule has 1 unspecified atom stereocenters. The molecule has 1 aromatic carbocycles. The lowest BCUT2D eigenvalue weighted by atomic mass is 9.84. The van der Waals surface area contributed by atoms with Gasteiger partial charge in [-0.05, 0) is 59.0 Å². The van der Waals surface area contributed by atoms with Crippen molar-refractivity contribution >= 4 is 28.6 Å². The smallest absolute Gasteiger partial charge is 0.306 e. The van der Waals surface area contributed by atoms with Crippen LogP contribution in [0.4, 0.5) is 0 Å². The molecule has 2 nitrogen and oxygen atoms in total. The van der Waals surface area contributed by atoms with Crippen molar-refractivity contribution in [2.45, 2.75) is 19.3 Å². The quantitative estimate of drug-likeness (QED) is 0.809. The highest BCUT2D eigenvalue weighted by molar-refractivity contribution is 14.1. The van der Waals surface area contributed by atoms with Crippen molar-refractivity contribution in [2.24, 2.45) is 5.92 Å². The molecule has 1 aromatic rings. The van der Waals surface area contributed by atoms with E-state index in [1.54, 1.807) is 0 Å². The van der Waals surface area contributed by atoms with E-state index in [1.165, 1.54) is 14.7 Å². The lowest BCUT2D eigenvalue weighted by molar-refractivity contribution is -0.142. The molecule has 0 spiro atoms. The Bertz CT molecular complexity index is 374. The molecule has 1 aliphatic carbocycles. The average molecular weight is 302 g/mol. The van der Waals surface area contributed by atoms with Crippen molar-refractivity contribution in [1.29, 1.82) is 0 Å². The summed E-state index contributed by atoms with van der Waals surface area (Å²) in [6.07, 6.45) is 2.38. The molecule has 14 heavy (non-hydrogen) atoms. The number of fused-ring (bicyclic) bond motifs is 1. The van der Waals surface area contributed by atoms with Gasteiger partial charge in [-0.2, -0.15) is 0 Å². The minimum atomic E-state index is -0.657. The molecule has 1 atom stereocenters. The van der Waals surface area contributed by atoms with Crippen LogP contribution < -0.4 is 0 Å². The van der Waals surface area contributed by atoms with Crippen LogP contribution in [0.15, 0.2) is 18.2 Å². The SMILES string of the molecule is O=C(O)C1CCc2cccc(I)c2C1. The Kier molecular flexibility index (Phi) is 2.76. The van der Waals surface area contributed by atoms with Crippen molar-refractivity contribution in [3.63, 3.8) is 0 Å². The number of aliphatic carboxylic acids is 1. The fourth-order valence-electron chi connectivity index (χ4n) is 1.96. The summed E-state index contributed by atoms with van der Waals surface area (Å²) in [5.41, 5.74) is 2.57. The number of carboxylic acids is 1. The first-order valence-electron chi connectivity index (χ1n) is 4.67. The fraction of sp³-hybridized carbons (Fsp3) is 0.364. The van der Waals surface area contributed by atoms with E-state index < -0.39 is 5.97 Å². The van der Waals surface area contributed by atoms with E-state index >= 15 is 0 Å². The van der Waals surface area contributed by atoms with Gasteiger partial charge >= 0.3 is 5.97 Å². The molecule has 0 fully saturated rings. The zero-order valence-electron chi connectivity index (χ0n) is 7.66. The van der Waals surface area contributed by atoms with Crippen molar-refractivity contribution in [2.75, 3.05) is 0 Å². The summed E-state index contributed by atoms with van der Waals surface area (Å²) in [7, 11) is 0. The molecule has 0 radical (unpaired) electrons. The maximum absolute atomic E-state index is 10.9. The first kappa shape index (κ1) is 9.96. The van der Waals surface area contributed by atoms with Crippen LogP contribution in [0.5, 0.6) is 0 Å². The van der Waals surface area contributed by atoms with Gasteiger partial charge in [0.1, 0.15) is 0 Å². The number of carbonyl (C=O) groups is 1. The molecule has 0 bridgehead atoms. The standard InChI is InChI=1S/C11H11IO2/c12-10-3-1-2-7-4-5-8(11(13)14)6-9(7)10/h1-3,8H,4-6H2,(H,13,14). The van der Waals surface area contributed by atoms with Gasteiger partial charge in [0.15, 0.2) is 0 Å². The van der Waals surface area contributed by atoms with E-state index in [0.717, 1.165) is 12.8 Å². The third-order valence-electron chi connectivity index (χ3n) is 2.78. The summed E-state index contributed by atoms with van der Waals surface area (Å²) in [4.78, 5) is 10.9. The number of hydrogen-bond acceptors (Lipinski definition) is 1. The topological polar surface area (TPSA) is 37.3 Å². The molecule has 0 heterocycles. The normalized spacial score (nSPS) is 20.2. The number of carboxylic acid groups (broad SMARTS) is 1. The van der Waals surface area contributed by atoms with Gasteiger partial charge in [0.05, 0.1) is 5.92 Å². The number of halogens is 1. The Morgan fingerprint density at radius 1 is 1.50 bits per heavy atom. The lowest BCUT2D eigenvalue weighted by Gasteiger charge is -2.22. The van der Waals surface area contributed by atoms with Crippen LogP contribution in [-0.4, -0.2) is 11.1 Å². The van der Waals surface area contributed by atoms with Crippen LogP contribution in [0, 0.1) is 9.49 Å². The van der Waals surface area contributed by atoms with E-state index in [4.69, 9.17) is 5.11 Å². The van der Waals surface area contributed by atoms with Gasteiger partial charge in [0.25, 0.3) is 0 Å². The van der Waals surface area contributed by atoms with Gasteiger partial charge in [-0.1, -0.05) is 12.1 Å². The Balaban J connectivity index is 2.33. The zero-order valence-corrected chi connectivity index (χ0v) is 9.82. The van der Waals surface area contributed by atoms with Crippen molar-refractivity contribution in [1.82, 2.24) is 0 Å². The highest BCUT2D eigenvalue weighted by atomic mass is 127. The summed E-state index contributed by atoms with van der Waals surface area (Å²) >= 11 is 2.28. The number of hydrogen-bond donors (Lipinski definition) is 1. The van der Waals surface area contributed by atoms with Crippen LogP contribution in [-0.2, 0) is 17.6 Å². The molecule has 1 N–H and O–H groups in total. The minimum Gasteiger partial charge on any atom is -0.481 e. The van der Waals surface area contributed by atoms with Crippen molar-refractivity contribution < 1.29 is 9.90 Å². The third kappa shape index (κ3) is 1.78. The summed E-state index contributed by atoms with van der Waals surface area (Å²) < 4.78 is 1.20. The molecular weight excluding hydrogens is 291 g/mol. The van der Waals surface area contributed by atoms with Gasteiger partial charge in [0, 0.05) is 3.57 Å². The Morgan fingerprint density at radius 3 is 3.00 bits per heavy atom. The molecule has 2 rings (SSSR count). The zero-order chi connectivity index (χ0) is 10.1. The first-order chi connectivity index (χ1) is 6.68. The number of rotatable bonds is 1. The Labute approximate surface area is 96.5 Å². The molecule has 0 amide bonds. The monoisotopic (exact) mass is 302 g/mol. The average Bonchev–Trinajstić information content (AvgIpc) is 2.18. The van der Waals surface area contributed by atoms with E-state index in [2.05, 4.69) is 28.7 Å². The highest BCUT2D eigenvalue weighted by Crippen LogP contribution is 2.28. The van der Waals surface area contributed by atoms with Crippen LogP contribution >= 0.6 is 22.6 Å². The molecular formula is C11H11IO2. The van der Waals surface area contributed by atoms with Crippen LogP contribution in [0.2, 0.25) is 0 Å². The second-order valence-electron chi connectivity index (χ2n) is 3.66. The lowest BCUT2D eigenvalue weighted by Crippen LogP contribution is -2.22. The third-order valence-corrected chi connectivity index (χ3v) is 3.79. The Hall–Kier alpha value is -0.580. The van der Waals surface area contributed by atoms with Crippen molar-refractivity contribution in [3.8, 4) is 0 Å². The van der Waals surface area contributed by atoms with Crippen LogP contribution in [0.1, 0.15) is 17.5 Å². The predicted molar refractivity (Wildman–Crippen MR) is 62.3 cm³/mol. The number of benzene rings is 1. The molecule has 3 heteroatoms. The van der Waals surface area contributed by atoms with Crippen LogP contribution in [0.3, 0.4) is 0 Å². The second kappa shape index (κ2) is 3.88. The molecule has 0 saturated heterocycles. The minimum absolute atomic E-state index is 0.182. The summed E-state index contributed by atoms with van der Waals surface area (Å²) in [5, 5.41) is 8.95. The predicted octanol–water partition coefficient (Wildman–Crippen LogP) is 2.48. The van der Waals surface area contributed by atoms with E-state index in [9.17, 15) is 4.79 Å². The first-order valence-corrected chi connectivity index (χ1v) is 5.75. The van der Waals surface area contributed by atoms with Gasteiger partial charge < -0.3 is 5.11 Å². The number of aryl methyl sites for hydroxylation is 1. The van der Waals surface area contributed by atoms with Gasteiger partial charge in [-0.25, -0.2) is 0 Å². The molecule has 0 aromatic heterocycles. The van der Waals surface area contributed by atoms with E-state index in [0.29, 0.717) is 6.42 Å². The van der Waals surface area contributed by atoms with E-state index in [1.807, 2.05) is 12.1 Å². The van der Waals surface area contributed by atoms with E-state index in [-0.39, 0.29) is 5.92 Å². The molecule has 1 aliphatic rings. The summed E-state index contributed by atoms with van der Waals surface area (Å²) in [5.74, 6) is -0.839. The van der Waals surface area contributed by atoms with Gasteiger partial charge in [-0.3, -0.25) is 4.79 Å².